The lowest BCUT2D eigenvalue weighted by atomic mass is 9.89. The van der Waals surface area contributed by atoms with Crippen LogP contribution in [0.4, 0.5) is 26.3 Å². The Bertz CT molecular complexity index is 1200. The van der Waals surface area contributed by atoms with Crippen molar-refractivity contribution in [1.82, 2.24) is 4.90 Å². The average molecular weight is 556 g/mol. The first-order valence-corrected chi connectivity index (χ1v) is 13.1. The molecule has 0 aromatic heterocycles. The van der Waals surface area contributed by atoms with Crippen LogP contribution in [0.25, 0.3) is 0 Å². The number of piperidine rings is 1. The minimum Gasteiger partial charge on any atom is -0.426 e. The SMILES string of the molecule is CC(=O)C[C@H](c1cccc(OC(=O)C2CCN(C(C)c3cc(C(F)(F)F)ccc3C(F)(F)F)CC2)c1)C1CC1. The van der Waals surface area contributed by atoms with Crippen LogP contribution in [0.1, 0.15) is 80.2 Å². The van der Waals surface area contributed by atoms with Crippen molar-refractivity contribution < 1.29 is 40.7 Å². The van der Waals surface area contributed by atoms with Gasteiger partial charge >= 0.3 is 18.3 Å². The standard InChI is InChI=1S/C29H31F6NO3/c1-17(37)14-25(19-6-7-19)21-4-3-5-23(15-21)39-27(38)20-10-12-36(13-11-20)18(2)24-16-22(28(30,31)32)8-9-26(24)29(33,34)35/h3-5,8-9,15-16,18-20,25H,6-7,10-14H2,1-2H3/t18?,25-/m0/s1. The van der Waals surface area contributed by atoms with Gasteiger partial charge in [-0.2, -0.15) is 26.3 Å². The summed E-state index contributed by atoms with van der Waals surface area (Å²) < 4.78 is 86.1. The number of alkyl halides is 6. The van der Waals surface area contributed by atoms with Gasteiger partial charge < -0.3 is 9.53 Å². The number of benzene rings is 2. The third kappa shape index (κ3) is 7.21. The molecule has 1 aliphatic heterocycles. The van der Waals surface area contributed by atoms with Gasteiger partial charge in [-0.15, -0.1) is 0 Å². The van der Waals surface area contributed by atoms with Gasteiger partial charge in [0, 0.05) is 12.5 Å². The summed E-state index contributed by atoms with van der Waals surface area (Å²) in [4.78, 5) is 26.3. The largest absolute Gasteiger partial charge is 0.426 e. The van der Waals surface area contributed by atoms with Gasteiger partial charge in [0.05, 0.1) is 17.0 Å². The molecule has 2 atom stereocenters. The average Bonchev–Trinajstić information content (AvgIpc) is 3.71. The molecule has 4 rings (SSSR count). The molecule has 212 valence electrons. The second-order valence-electron chi connectivity index (χ2n) is 10.6. The first kappa shape index (κ1) is 29.1. The van der Waals surface area contributed by atoms with Crippen LogP contribution in [-0.4, -0.2) is 29.7 Å². The first-order valence-electron chi connectivity index (χ1n) is 13.1. The fraction of sp³-hybridized carbons (Fsp3) is 0.517. The Kier molecular flexibility index (Phi) is 8.44. The van der Waals surface area contributed by atoms with E-state index < -0.39 is 47.0 Å². The van der Waals surface area contributed by atoms with Gasteiger partial charge in [-0.3, -0.25) is 9.69 Å². The number of hydrogen-bond acceptors (Lipinski definition) is 4. The third-order valence-electron chi connectivity index (χ3n) is 7.75. The van der Waals surface area contributed by atoms with Gasteiger partial charge in [-0.25, -0.2) is 0 Å². The molecule has 2 aromatic carbocycles. The number of halogens is 6. The van der Waals surface area contributed by atoms with Gasteiger partial charge in [-0.1, -0.05) is 12.1 Å². The van der Waals surface area contributed by atoms with Crippen LogP contribution in [0.3, 0.4) is 0 Å². The van der Waals surface area contributed by atoms with Gasteiger partial charge in [0.25, 0.3) is 0 Å². The van der Waals surface area contributed by atoms with Crippen molar-refractivity contribution in [3.8, 4) is 5.75 Å². The van der Waals surface area contributed by atoms with E-state index in [-0.39, 0.29) is 24.8 Å². The van der Waals surface area contributed by atoms with E-state index >= 15 is 0 Å². The summed E-state index contributed by atoms with van der Waals surface area (Å²) in [6, 6.07) is 7.73. The summed E-state index contributed by atoms with van der Waals surface area (Å²) in [5.41, 5.74) is -1.72. The van der Waals surface area contributed by atoms with Crippen molar-refractivity contribution in [2.24, 2.45) is 11.8 Å². The maximum Gasteiger partial charge on any atom is 0.416 e. The number of rotatable bonds is 8. The second kappa shape index (κ2) is 11.3. The number of nitrogens with zero attached hydrogens (tertiary/aromatic N) is 1. The summed E-state index contributed by atoms with van der Waals surface area (Å²) >= 11 is 0. The van der Waals surface area contributed by atoms with Crippen LogP contribution in [0.2, 0.25) is 0 Å². The molecule has 0 N–H and O–H groups in total. The molecule has 1 heterocycles. The summed E-state index contributed by atoms with van der Waals surface area (Å²) in [5, 5.41) is 0. The minimum atomic E-state index is -4.80. The molecule has 2 aliphatic rings. The van der Waals surface area contributed by atoms with Crippen molar-refractivity contribution in [2.75, 3.05) is 13.1 Å². The zero-order chi connectivity index (χ0) is 28.5. The number of esters is 1. The van der Waals surface area contributed by atoms with E-state index in [2.05, 4.69) is 0 Å². The van der Waals surface area contributed by atoms with E-state index in [4.69, 9.17) is 4.74 Å². The van der Waals surface area contributed by atoms with Crippen molar-refractivity contribution >= 4 is 11.8 Å². The highest BCUT2D eigenvalue weighted by Crippen LogP contribution is 2.45. The Morgan fingerprint density at radius 2 is 1.62 bits per heavy atom. The predicted molar refractivity (Wildman–Crippen MR) is 132 cm³/mol. The smallest absolute Gasteiger partial charge is 0.416 e. The molecule has 1 unspecified atom stereocenters. The second-order valence-corrected chi connectivity index (χ2v) is 10.6. The van der Waals surface area contributed by atoms with Crippen LogP contribution in [0, 0.1) is 11.8 Å². The van der Waals surface area contributed by atoms with Crippen molar-refractivity contribution in [3.63, 3.8) is 0 Å². The molecule has 0 amide bonds. The van der Waals surface area contributed by atoms with E-state index in [0.717, 1.165) is 18.4 Å². The zero-order valence-electron chi connectivity index (χ0n) is 21.7. The zero-order valence-corrected chi connectivity index (χ0v) is 21.7. The van der Waals surface area contributed by atoms with E-state index in [1.165, 1.54) is 6.92 Å². The van der Waals surface area contributed by atoms with Gasteiger partial charge in [0.2, 0.25) is 0 Å². The maximum atomic E-state index is 13.6. The molecule has 2 aromatic rings. The molecular weight excluding hydrogens is 524 g/mol. The lowest BCUT2D eigenvalue weighted by Crippen LogP contribution is -2.39. The lowest BCUT2D eigenvalue weighted by Gasteiger charge is -2.36. The van der Waals surface area contributed by atoms with E-state index in [0.29, 0.717) is 49.1 Å². The number of ether oxygens (including phenoxy) is 1. The Morgan fingerprint density at radius 1 is 0.949 bits per heavy atom. The van der Waals surface area contributed by atoms with Crippen LogP contribution in [-0.2, 0) is 21.9 Å². The molecule has 2 fully saturated rings. The summed E-state index contributed by atoms with van der Waals surface area (Å²) in [7, 11) is 0. The lowest BCUT2D eigenvalue weighted by molar-refractivity contribution is -0.142. The van der Waals surface area contributed by atoms with Crippen LogP contribution >= 0.6 is 0 Å². The monoisotopic (exact) mass is 555 g/mol. The molecule has 10 heteroatoms. The highest BCUT2D eigenvalue weighted by atomic mass is 19.4. The first-order chi connectivity index (χ1) is 18.2. The molecular formula is C29H31F6NO3. The molecule has 1 saturated heterocycles. The third-order valence-corrected chi connectivity index (χ3v) is 7.75. The highest BCUT2D eigenvalue weighted by molar-refractivity contribution is 5.77. The minimum absolute atomic E-state index is 0.0864. The van der Waals surface area contributed by atoms with E-state index in [1.54, 1.807) is 30.0 Å². The number of carbonyl (C=O) groups is 2. The van der Waals surface area contributed by atoms with Gasteiger partial charge in [-0.05, 0) is 106 Å². The number of hydrogen-bond donors (Lipinski definition) is 0. The number of ketones is 1. The van der Waals surface area contributed by atoms with Crippen molar-refractivity contribution in [2.45, 2.75) is 70.3 Å². The van der Waals surface area contributed by atoms with E-state index in [1.807, 2.05) is 6.07 Å². The summed E-state index contributed by atoms with van der Waals surface area (Å²) in [6.07, 6.45) is -6.41. The Balaban J connectivity index is 1.41. The fourth-order valence-electron chi connectivity index (χ4n) is 5.44. The number of carbonyl (C=O) groups excluding carboxylic acids is 2. The summed E-state index contributed by atoms with van der Waals surface area (Å²) in [5.74, 6) is 0.0643. The van der Waals surface area contributed by atoms with E-state index in [9.17, 15) is 35.9 Å². The van der Waals surface area contributed by atoms with Crippen LogP contribution in [0.5, 0.6) is 5.75 Å². The molecule has 1 saturated carbocycles. The van der Waals surface area contributed by atoms with Crippen molar-refractivity contribution in [3.05, 3.63) is 64.7 Å². The highest BCUT2D eigenvalue weighted by Gasteiger charge is 2.40. The molecule has 4 nitrogen and oxygen atoms in total. The Labute approximate surface area is 223 Å². The van der Waals surface area contributed by atoms with Gasteiger partial charge in [0.1, 0.15) is 11.5 Å². The topological polar surface area (TPSA) is 46.6 Å². The number of likely N-dealkylation sites (tertiary alicyclic amines) is 1. The van der Waals surface area contributed by atoms with Gasteiger partial charge in [0.15, 0.2) is 0 Å². The maximum absolute atomic E-state index is 13.6. The molecule has 1 aliphatic carbocycles. The normalized spacial score (nSPS) is 19.0. The van der Waals surface area contributed by atoms with Crippen LogP contribution in [0.15, 0.2) is 42.5 Å². The fourth-order valence-corrected chi connectivity index (χ4v) is 5.44. The number of Topliss-reactive ketones (excluding diaryl/α,β-unsaturated/α-hetero) is 1. The van der Waals surface area contributed by atoms with Crippen LogP contribution < -0.4 is 4.74 Å². The molecule has 0 radical (unpaired) electrons. The Hall–Kier alpha value is -2.88. The quantitative estimate of drug-likeness (QED) is 0.191. The predicted octanol–water partition coefficient (Wildman–Crippen LogP) is 7.58. The molecule has 0 bridgehead atoms. The molecule has 39 heavy (non-hydrogen) atoms. The van der Waals surface area contributed by atoms with Crippen molar-refractivity contribution in [1.29, 1.82) is 0 Å². The summed E-state index contributed by atoms with van der Waals surface area (Å²) in [6.45, 7) is 3.48. The molecule has 0 spiro atoms. The Morgan fingerprint density at radius 3 is 2.18 bits per heavy atom.